The molecule has 0 N–H and O–H groups in total. The van der Waals surface area contributed by atoms with Gasteiger partial charge >= 0.3 is 5.97 Å². The van der Waals surface area contributed by atoms with Crippen LogP contribution < -0.4 is 0 Å². The van der Waals surface area contributed by atoms with Crippen LogP contribution in [-0.4, -0.2) is 25.8 Å². The van der Waals surface area contributed by atoms with Gasteiger partial charge in [-0.05, 0) is 19.9 Å². The number of rotatable bonds is 4. The van der Waals surface area contributed by atoms with Gasteiger partial charge in [0.15, 0.2) is 0 Å². The van der Waals surface area contributed by atoms with Gasteiger partial charge in [-0.2, -0.15) is 4.39 Å². The second kappa shape index (κ2) is 5.71. The van der Waals surface area contributed by atoms with Gasteiger partial charge in [-0.1, -0.05) is 0 Å². The fourth-order valence-corrected chi connectivity index (χ4v) is 0.542. The highest BCUT2D eigenvalue weighted by Gasteiger charge is 2.10. The van der Waals surface area contributed by atoms with Crippen molar-refractivity contribution in [1.82, 2.24) is 0 Å². The van der Waals surface area contributed by atoms with Crippen molar-refractivity contribution in [3.05, 3.63) is 11.9 Å². The van der Waals surface area contributed by atoms with Gasteiger partial charge in [0, 0.05) is 7.11 Å². The molecule has 0 saturated carbocycles. The summed E-state index contributed by atoms with van der Waals surface area (Å²) in [5.74, 6) is -1.85. The van der Waals surface area contributed by atoms with Gasteiger partial charge in [-0.3, -0.25) is 0 Å². The minimum Gasteiger partial charge on any atom is -0.461 e. The summed E-state index contributed by atoms with van der Waals surface area (Å²) < 4.78 is 21.9. The Bertz CT molecular complexity index is 177. The Labute approximate surface area is 71.2 Å². The summed E-state index contributed by atoms with van der Waals surface area (Å²) in [5, 5.41) is 0. The molecule has 0 spiro atoms. The third-order valence-electron chi connectivity index (χ3n) is 1.22. The lowest BCUT2D eigenvalue weighted by Crippen LogP contribution is -2.08. The molecule has 70 valence electrons. The predicted molar refractivity (Wildman–Crippen MR) is 42.3 cm³/mol. The van der Waals surface area contributed by atoms with Crippen molar-refractivity contribution in [2.45, 2.75) is 20.0 Å². The maximum atomic E-state index is 12.7. The lowest BCUT2D eigenvalue weighted by atomic mass is 10.3. The number of carbonyl (C=O) groups excluding carboxylic acids is 1. The molecule has 12 heavy (non-hydrogen) atoms. The number of esters is 1. The molecule has 3 nitrogen and oxygen atoms in total. The molecule has 0 radical (unpaired) electrons. The Morgan fingerprint density at radius 1 is 1.67 bits per heavy atom. The molecule has 0 aromatic rings. The van der Waals surface area contributed by atoms with Crippen LogP contribution in [0.2, 0.25) is 0 Å². The van der Waals surface area contributed by atoms with Crippen LogP contribution in [0.25, 0.3) is 0 Å². The van der Waals surface area contributed by atoms with Crippen molar-refractivity contribution >= 4 is 5.97 Å². The molecule has 0 fully saturated rings. The first-order chi connectivity index (χ1) is 5.61. The number of ether oxygens (including phenoxy) is 2. The highest BCUT2D eigenvalue weighted by atomic mass is 19.1. The zero-order valence-corrected chi connectivity index (χ0v) is 7.46. The third-order valence-corrected chi connectivity index (χ3v) is 1.22. The van der Waals surface area contributed by atoms with E-state index in [2.05, 4.69) is 4.74 Å². The number of hydrogen-bond donors (Lipinski definition) is 0. The van der Waals surface area contributed by atoms with E-state index in [1.54, 1.807) is 13.8 Å². The van der Waals surface area contributed by atoms with Crippen molar-refractivity contribution in [1.29, 1.82) is 0 Å². The van der Waals surface area contributed by atoms with Crippen molar-refractivity contribution in [2.75, 3.05) is 13.7 Å². The second-order valence-electron chi connectivity index (χ2n) is 2.18. The molecule has 0 bridgehead atoms. The molecule has 0 rings (SSSR count). The molecule has 0 saturated heterocycles. The fourth-order valence-electron chi connectivity index (χ4n) is 0.542. The van der Waals surface area contributed by atoms with Gasteiger partial charge < -0.3 is 9.47 Å². The van der Waals surface area contributed by atoms with E-state index in [1.165, 1.54) is 7.11 Å². The molecule has 0 aliphatic rings. The Morgan fingerprint density at radius 3 is 2.67 bits per heavy atom. The lowest BCUT2D eigenvalue weighted by Gasteiger charge is -2.03. The Morgan fingerprint density at radius 2 is 2.25 bits per heavy atom. The standard InChI is InChI=1S/C8H13FO3/c1-4-12-8(10)7(9)5-6(2)11-3/h5-6H,4H2,1-3H3/b7-5+/t6-/m0/s1. The first kappa shape index (κ1) is 11.1. The van der Waals surface area contributed by atoms with Gasteiger partial charge in [0.05, 0.1) is 12.7 Å². The number of hydrogen-bond acceptors (Lipinski definition) is 3. The van der Waals surface area contributed by atoms with E-state index in [0.29, 0.717) is 0 Å². The van der Waals surface area contributed by atoms with E-state index in [4.69, 9.17) is 4.74 Å². The number of halogens is 1. The topological polar surface area (TPSA) is 35.5 Å². The van der Waals surface area contributed by atoms with Crippen LogP contribution in [-0.2, 0) is 14.3 Å². The zero-order valence-electron chi connectivity index (χ0n) is 7.46. The first-order valence-corrected chi connectivity index (χ1v) is 3.69. The molecule has 0 aliphatic heterocycles. The SMILES string of the molecule is CCOC(=O)/C(F)=C\[C@H](C)OC. The van der Waals surface area contributed by atoms with Crippen molar-refractivity contribution in [3.8, 4) is 0 Å². The Balaban J connectivity index is 4.07. The van der Waals surface area contributed by atoms with Gasteiger partial charge in [0.1, 0.15) is 0 Å². The predicted octanol–water partition coefficient (Wildman–Crippen LogP) is 1.44. The van der Waals surface area contributed by atoms with Gasteiger partial charge in [-0.25, -0.2) is 4.79 Å². The van der Waals surface area contributed by atoms with Gasteiger partial charge in [0.2, 0.25) is 5.83 Å². The molecule has 0 unspecified atom stereocenters. The molecule has 0 aromatic heterocycles. The monoisotopic (exact) mass is 176 g/mol. The Hall–Kier alpha value is -0.900. The number of carbonyl (C=O) groups is 1. The van der Waals surface area contributed by atoms with Gasteiger partial charge in [-0.15, -0.1) is 0 Å². The van der Waals surface area contributed by atoms with E-state index in [-0.39, 0.29) is 6.61 Å². The average Bonchev–Trinajstić information content (AvgIpc) is 2.04. The van der Waals surface area contributed by atoms with Crippen LogP contribution >= 0.6 is 0 Å². The molecule has 0 aromatic carbocycles. The summed E-state index contributed by atoms with van der Waals surface area (Å²) in [7, 11) is 1.43. The van der Waals surface area contributed by atoms with E-state index in [9.17, 15) is 9.18 Å². The first-order valence-electron chi connectivity index (χ1n) is 3.69. The third kappa shape index (κ3) is 4.08. The average molecular weight is 176 g/mol. The summed E-state index contributed by atoms with van der Waals surface area (Å²) in [6, 6.07) is 0. The summed E-state index contributed by atoms with van der Waals surface area (Å²) in [6.07, 6.45) is 0.646. The minimum atomic E-state index is -0.943. The smallest absolute Gasteiger partial charge is 0.366 e. The van der Waals surface area contributed by atoms with Crippen LogP contribution in [0.4, 0.5) is 4.39 Å². The lowest BCUT2D eigenvalue weighted by molar-refractivity contribution is -0.140. The largest absolute Gasteiger partial charge is 0.461 e. The maximum absolute atomic E-state index is 12.7. The number of methoxy groups -OCH3 is 1. The summed E-state index contributed by atoms with van der Waals surface area (Å²) in [4.78, 5) is 10.7. The van der Waals surface area contributed by atoms with Crippen LogP contribution in [0.15, 0.2) is 11.9 Å². The minimum absolute atomic E-state index is 0.168. The highest BCUT2D eigenvalue weighted by molar-refractivity contribution is 5.85. The van der Waals surface area contributed by atoms with Crippen molar-refractivity contribution in [2.24, 2.45) is 0 Å². The van der Waals surface area contributed by atoms with Gasteiger partial charge in [0.25, 0.3) is 0 Å². The second-order valence-corrected chi connectivity index (χ2v) is 2.18. The van der Waals surface area contributed by atoms with E-state index >= 15 is 0 Å². The zero-order chi connectivity index (χ0) is 9.56. The quantitative estimate of drug-likeness (QED) is 0.480. The molecule has 0 heterocycles. The molecular weight excluding hydrogens is 163 g/mol. The molecule has 0 amide bonds. The van der Waals surface area contributed by atoms with Crippen molar-refractivity contribution < 1.29 is 18.7 Å². The summed E-state index contributed by atoms with van der Waals surface area (Å²) in [6.45, 7) is 3.41. The van der Waals surface area contributed by atoms with Crippen LogP contribution in [0.5, 0.6) is 0 Å². The highest BCUT2D eigenvalue weighted by Crippen LogP contribution is 2.03. The summed E-state index contributed by atoms with van der Waals surface area (Å²) in [5.41, 5.74) is 0. The Kier molecular flexibility index (Phi) is 5.28. The van der Waals surface area contributed by atoms with E-state index in [0.717, 1.165) is 6.08 Å². The molecule has 1 atom stereocenters. The van der Waals surface area contributed by atoms with Crippen LogP contribution in [0.1, 0.15) is 13.8 Å². The van der Waals surface area contributed by atoms with Crippen LogP contribution in [0, 0.1) is 0 Å². The summed E-state index contributed by atoms with van der Waals surface area (Å²) >= 11 is 0. The van der Waals surface area contributed by atoms with Crippen molar-refractivity contribution in [3.63, 3.8) is 0 Å². The maximum Gasteiger partial charge on any atom is 0.366 e. The van der Waals surface area contributed by atoms with E-state index < -0.39 is 17.9 Å². The van der Waals surface area contributed by atoms with Crippen LogP contribution in [0.3, 0.4) is 0 Å². The molecule has 4 heteroatoms. The molecular formula is C8H13FO3. The normalized spacial score (nSPS) is 14.2. The molecule has 0 aliphatic carbocycles. The van der Waals surface area contributed by atoms with E-state index in [1.807, 2.05) is 0 Å². The fraction of sp³-hybridized carbons (Fsp3) is 0.625.